The minimum absolute atomic E-state index is 0.211. The van der Waals surface area contributed by atoms with Gasteiger partial charge in [-0.1, -0.05) is 47.5 Å². The summed E-state index contributed by atoms with van der Waals surface area (Å²) < 4.78 is 27.5. The zero-order valence-electron chi connectivity index (χ0n) is 18.1. The summed E-state index contributed by atoms with van der Waals surface area (Å²) in [7, 11) is -1.48. The lowest BCUT2D eigenvalue weighted by atomic mass is 10.0. The standard InChI is InChI=1S/C22H28N6O2S/c1-17-4-8-19(9-5-17)21(27-14-12-26(3)13-15-27)22-23-24-25-28(22)16-31(29,30)20-10-6-18(2)7-11-20/h4-11,21H,12-16H2,1-3H3. The molecule has 0 aliphatic carbocycles. The molecule has 1 saturated heterocycles. The van der Waals surface area contributed by atoms with Gasteiger partial charge in [-0.25, -0.2) is 13.1 Å². The number of nitrogens with zero attached hydrogens (tertiary/aromatic N) is 6. The Labute approximate surface area is 183 Å². The van der Waals surface area contributed by atoms with Crippen LogP contribution in [0.25, 0.3) is 0 Å². The number of aryl methyl sites for hydroxylation is 2. The predicted octanol–water partition coefficient (Wildman–Crippen LogP) is 2.06. The number of hydrogen-bond donors (Lipinski definition) is 0. The Hall–Kier alpha value is -2.62. The molecule has 0 spiro atoms. The fraction of sp³-hybridized carbons (Fsp3) is 0.409. The second-order valence-electron chi connectivity index (χ2n) is 8.25. The van der Waals surface area contributed by atoms with E-state index >= 15 is 0 Å². The Morgan fingerprint density at radius 1 is 0.903 bits per heavy atom. The van der Waals surface area contributed by atoms with E-state index in [9.17, 15) is 8.42 Å². The van der Waals surface area contributed by atoms with Crippen LogP contribution < -0.4 is 0 Å². The summed E-state index contributed by atoms with van der Waals surface area (Å²) in [6.07, 6.45) is 0. The SMILES string of the molecule is Cc1ccc(C(c2nnnn2CS(=O)(=O)c2ccc(C)cc2)N2CCN(C)CC2)cc1. The van der Waals surface area contributed by atoms with Crippen LogP contribution in [0.4, 0.5) is 0 Å². The van der Waals surface area contributed by atoms with E-state index in [0.717, 1.165) is 37.3 Å². The minimum atomic E-state index is -3.59. The van der Waals surface area contributed by atoms with Crippen LogP contribution in [-0.4, -0.2) is 71.7 Å². The zero-order valence-corrected chi connectivity index (χ0v) is 19.0. The maximum Gasteiger partial charge on any atom is 0.198 e. The minimum Gasteiger partial charge on any atom is -0.304 e. The maximum atomic E-state index is 13.0. The van der Waals surface area contributed by atoms with Crippen LogP contribution in [0.5, 0.6) is 0 Å². The van der Waals surface area contributed by atoms with Crippen molar-refractivity contribution in [2.45, 2.75) is 30.7 Å². The molecule has 1 aromatic heterocycles. The molecule has 1 unspecified atom stereocenters. The van der Waals surface area contributed by atoms with Crippen LogP contribution in [0.2, 0.25) is 0 Å². The first-order valence-corrected chi connectivity index (χ1v) is 12.0. The number of hydrogen-bond acceptors (Lipinski definition) is 7. The smallest absolute Gasteiger partial charge is 0.198 e. The van der Waals surface area contributed by atoms with Crippen molar-refractivity contribution in [1.82, 2.24) is 30.0 Å². The van der Waals surface area contributed by atoms with E-state index in [1.54, 1.807) is 24.3 Å². The highest BCUT2D eigenvalue weighted by Crippen LogP contribution is 2.29. The first-order valence-electron chi connectivity index (χ1n) is 10.4. The lowest BCUT2D eigenvalue weighted by Gasteiger charge is -2.37. The summed E-state index contributed by atoms with van der Waals surface area (Å²) in [5.74, 6) is 0.248. The Kier molecular flexibility index (Phi) is 6.17. The highest BCUT2D eigenvalue weighted by Gasteiger charge is 2.31. The molecular formula is C22H28N6O2S. The number of likely N-dealkylation sites (N-methyl/N-ethyl adjacent to an activating group) is 1. The number of rotatable bonds is 6. The molecule has 3 aromatic rings. The molecule has 1 fully saturated rings. The largest absolute Gasteiger partial charge is 0.304 e. The van der Waals surface area contributed by atoms with Gasteiger partial charge in [0.1, 0.15) is 0 Å². The van der Waals surface area contributed by atoms with Gasteiger partial charge in [0.2, 0.25) is 0 Å². The Morgan fingerprint density at radius 3 is 2.10 bits per heavy atom. The average molecular weight is 441 g/mol. The van der Waals surface area contributed by atoms with Gasteiger partial charge in [0.05, 0.1) is 10.9 Å². The summed E-state index contributed by atoms with van der Waals surface area (Å²) >= 11 is 0. The van der Waals surface area contributed by atoms with Gasteiger partial charge in [-0.2, -0.15) is 0 Å². The van der Waals surface area contributed by atoms with Crippen LogP contribution in [0.15, 0.2) is 53.4 Å². The van der Waals surface area contributed by atoms with Crippen LogP contribution in [0.1, 0.15) is 28.6 Å². The van der Waals surface area contributed by atoms with Gasteiger partial charge in [-0.05, 0) is 49.0 Å². The summed E-state index contributed by atoms with van der Waals surface area (Å²) in [5.41, 5.74) is 3.23. The molecule has 0 radical (unpaired) electrons. The number of benzene rings is 2. The van der Waals surface area contributed by atoms with Crippen LogP contribution in [0, 0.1) is 13.8 Å². The van der Waals surface area contributed by atoms with Gasteiger partial charge in [0, 0.05) is 26.2 Å². The number of piperazine rings is 1. The van der Waals surface area contributed by atoms with E-state index in [2.05, 4.69) is 56.6 Å². The molecule has 0 saturated carbocycles. The third-order valence-corrected chi connectivity index (χ3v) is 7.35. The Bertz CT molecular complexity index is 1120. The monoisotopic (exact) mass is 440 g/mol. The van der Waals surface area contributed by atoms with Gasteiger partial charge in [0.15, 0.2) is 21.5 Å². The average Bonchev–Trinajstić information content (AvgIpc) is 3.18. The molecule has 8 nitrogen and oxygen atoms in total. The summed E-state index contributed by atoms with van der Waals surface area (Å²) in [4.78, 5) is 4.88. The van der Waals surface area contributed by atoms with Crippen LogP contribution >= 0.6 is 0 Å². The predicted molar refractivity (Wildman–Crippen MR) is 118 cm³/mol. The van der Waals surface area contributed by atoms with Crippen molar-refractivity contribution in [3.8, 4) is 0 Å². The zero-order chi connectivity index (χ0) is 22.0. The Morgan fingerprint density at radius 2 is 1.48 bits per heavy atom. The lowest BCUT2D eigenvalue weighted by molar-refractivity contribution is 0.122. The number of sulfone groups is 1. The molecule has 31 heavy (non-hydrogen) atoms. The van der Waals surface area contributed by atoms with Crippen LogP contribution in [0.3, 0.4) is 0 Å². The van der Waals surface area contributed by atoms with Crippen molar-refractivity contribution in [2.24, 2.45) is 0 Å². The number of tetrazole rings is 1. The molecule has 9 heteroatoms. The number of aromatic nitrogens is 4. The molecule has 0 N–H and O–H groups in total. The maximum absolute atomic E-state index is 13.0. The molecule has 0 amide bonds. The molecule has 1 aliphatic rings. The molecule has 2 aromatic carbocycles. The normalized spacial score (nSPS) is 17.0. The molecule has 164 valence electrons. The van der Waals surface area contributed by atoms with E-state index < -0.39 is 9.84 Å². The van der Waals surface area contributed by atoms with E-state index in [0.29, 0.717) is 5.82 Å². The third kappa shape index (κ3) is 4.84. The van der Waals surface area contributed by atoms with Gasteiger partial charge in [-0.3, -0.25) is 4.90 Å². The summed E-state index contributed by atoms with van der Waals surface area (Å²) in [6, 6.07) is 14.9. The van der Waals surface area contributed by atoms with E-state index in [-0.39, 0.29) is 16.8 Å². The van der Waals surface area contributed by atoms with E-state index in [4.69, 9.17) is 0 Å². The third-order valence-electron chi connectivity index (χ3n) is 5.77. The van der Waals surface area contributed by atoms with Gasteiger partial charge >= 0.3 is 0 Å². The van der Waals surface area contributed by atoms with Crippen LogP contribution in [-0.2, 0) is 15.7 Å². The second-order valence-corrected chi connectivity index (χ2v) is 10.2. The molecule has 1 atom stereocenters. The molecule has 0 bridgehead atoms. The van der Waals surface area contributed by atoms with E-state index in [1.807, 2.05) is 13.8 Å². The fourth-order valence-electron chi connectivity index (χ4n) is 3.83. The summed E-state index contributed by atoms with van der Waals surface area (Å²) in [6.45, 7) is 7.56. The second kappa shape index (κ2) is 8.86. The van der Waals surface area contributed by atoms with Crippen molar-refractivity contribution in [1.29, 1.82) is 0 Å². The Balaban J connectivity index is 1.69. The highest BCUT2D eigenvalue weighted by atomic mass is 32.2. The van der Waals surface area contributed by atoms with Crippen molar-refractivity contribution >= 4 is 9.84 Å². The fourth-order valence-corrected chi connectivity index (χ4v) is 5.04. The first-order chi connectivity index (χ1) is 14.8. The quantitative estimate of drug-likeness (QED) is 0.580. The molecular weight excluding hydrogens is 412 g/mol. The van der Waals surface area contributed by atoms with Gasteiger partial charge in [0.25, 0.3) is 0 Å². The van der Waals surface area contributed by atoms with Crippen molar-refractivity contribution in [3.05, 3.63) is 71.0 Å². The molecule has 2 heterocycles. The van der Waals surface area contributed by atoms with Crippen molar-refractivity contribution in [3.63, 3.8) is 0 Å². The van der Waals surface area contributed by atoms with Crippen molar-refractivity contribution < 1.29 is 8.42 Å². The van der Waals surface area contributed by atoms with Gasteiger partial charge < -0.3 is 4.90 Å². The molecule has 4 rings (SSSR count). The van der Waals surface area contributed by atoms with Gasteiger partial charge in [-0.15, -0.1) is 5.10 Å². The summed E-state index contributed by atoms with van der Waals surface area (Å²) in [5, 5.41) is 12.2. The lowest BCUT2D eigenvalue weighted by Crippen LogP contribution is -2.46. The highest BCUT2D eigenvalue weighted by molar-refractivity contribution is 7.90. The first kappa shape index (κ1) is 21.6. The topological polar surface area (TPSA) is 84.2 Å². The molecule has 1 aliphatic heterocycles. The van der Waals surface area contributed by atoms with Crippen molar-refractivity contribution in [2.75, 3.05) is 33.2 Å². The van der Waals surface area contributed by atoms with E-state index in [1.165, 1.54) is 10.2 Å².